The zero-order chi connectivity index (χ0) is 14.7. The van der Waals surface area contributed by atoms with E-state index >= 15 is 0 Å². The summed E-state index contributed by atoms with van der Waals surface area (Å²) in [7, 11) is 0. The van der Waals surface area contributed by atoms with Crippen molar-refractivity contribution in [3.05, 3.63) is 24.5 Å². The highest BCUT2D eigenvalue weighted by atomic mass is 16.5. The Hall–Kier alpha value is -1.62. The number of likely N-dealkylation sites (tertiary alicyclic amines) is 1. The van der Waals surface area contributed by atoms with Crippen molar-refractivity contribution in [2.24, 2.45) is 5.92 Å². The van der Waals surface area contributed by atoms with Gasteiger partial charge in [0.1, 0.15) is 11.4 Å². The molecule has 1 aromatic rings. The first-order valence-electron chi connectivity index (χ1n) is 7.68. The Morgan fingerprint density at radius 3 is 3.14 bits per heavy atom. The van der Waals surface area contributed by atoms with Crippen LogP contribution < -0.4 is 4.74 Å². The maximum Gasteiger partial charge on any atom is 0.222 e. The molecule has 0 aromatic carbocycles. The average Bonchev–Trinajstić information content (AvgIpc) is 2.88. The average molecular weight is 290 g/mol. The molecule has 2 fully saturated rings. The molecule has 1 spiro atoms. The van der Waals surface area contributed by atoms with Gasteiger partial charge < -0.3 is 14.4 Å². The number of hydrogen-bond donors (Lipinski definition) is 0. The predicted octanol–water partition coefficient (Wildman–Crippen LogP) is 1.88. The predicted molar refractivity (Wildman–Crippen MR) is 78.0 cm³/mol. The van der Waals surface area contributed by atoms with Crippen LogP contribution in [0.1, 0.15) is 26.2 Å². The van der Waals surface area contributed by atoms with E-state index in [9.17, 15) is 4.79 Å². The van der Waals surface area contributed by atoms with Crippen LogP contribution in [-0.4, -0.2) is 47.7 Å². The molecule has 2 aliphatic heterocycles. The number of carbonyl (C=O) groups excluding carboxylic acids is 1. The fraction of sp³-hybridized carbons (Fsp3) is 0.625. The zero-order valence-electron chi connectivity index (χ0n) is 12.5. The summed E-state index contributed by atoms with van der Waals surface area (Å²) in [5.41, 5.74) is -0.175. The van der Waals surface area contributed by atoms with E-state index in [1.165, 1.54) is 0 Å². The molecule has 2 aliphatic rings. The van der Waals surface area contributed by atoms with Gasteiger partial charge in [0.25, 0.3) is 0 Å². The van der Waals surface area contributed by atoms with Crippen LogP contribution >= 0.6 is 0 Å². The third kappa shape index (κ3) is 2.88. The van der Waals surface area contributed by atoms with Crippen LogP contribution in [0.2, 0.25) is 0 Å². The lowest BCUT2D eigenvalue weighted by Crippen LogP contribution is -2.66. The van der Waals surface area contributed by atoms with E-state index in [0.29, 0.717) is 32.0 Å². The molecule has 0 aliphatic carbocycles. The minimum absolute atomic E-state index is 0.175. The third-order valence-electron chi connectivity index (χ3n) is 4.42. The summed E-state index contributed by atoms with van der Waals surface area (Å²) in [6.45, 7) is 4.85. The van der Waals surface area contributed by atoms with Crippen molar-refractivity contribution in [3.63, 3.8) is 0 Å². The van der Waals surface area contributed by atoms with Crippen molar-refractivity contribution >= 4 is 5.91 Å². The van der Waals surface area contributed by atoms with E-state index in [0.717, 1.165) is 25.2 Å². The number of carbonyl (C=O) groups is 1. The fourth-order valence-corrected chi connectivity index (χ4v) is 3.15. The molecular formula is C16H22N2O3. The van der Waals surface area contributed by atoms with Gasteiger partial charge in [0.05, 0.1) is 25.9 Å². The molecule has 0 bridgehead atoms. The highest BCUT2D eigenvalue weighted by Crippen LogP contribution is 2.40. The Morgan fingerprint density at radius 1 is 1.57 bits per heavy atom. The maximum atomic E-state index is 11.9. The molecule has 114 valence electrons. The fourth-order valence-electron chi connectivity index (χ4n) is 3.15. The van der Waals surface area contributed by atoms with Crippen LogP contribution in [-0.2, 0) is 9.53 Å². The molecule has 3 heterocycles. The lowest BCUT2D eigenvalue weighted by atomic mass is 9.81. The van der Waals surface area contributed by atoms with E-state index in [1.807, 2.05) is 24.0 Å². The summed E-state index contributed by atoms with van der Waals surface area (Å²) in [5, 5.41) is 0. The summed E-state index contributed by atoms with van der Waals surface area (Å²) < 4.78 is 11.8. The molecule has 5 heteroatoms. The molecule has 2 saturated heterocycles. The highest BCUT2D eigenvalue weighted by molar-refractivity contribution is 5.77. The number of amides is 1. The Labute approximate surface area is 125 Å². The van der Waals surface area contributed by atoms with E-state index in [2.05, 4.69) is 4.98 Å². The van der Waals surface area contributed by atoms with Crippen LogP contribution in [0, 0.1) is 5.92 Å². The largest absolute Gasteiger partial charge is 0.492 e. The van der Waals surface area contributed by atoms with Gasteiger partial charge in [-0.2, -0.15) is 0 Å². The smallest absolute Gasteiger partial charge is 0.222 e. The Balaban J connectivity index is 1.54. The van der Waals surface area contributed by atoms with Gasteiger partial charge in [-0.05, 0) is 25.0 Å². The first-order valence-corrected chi connectivity index (χ1v) is 7.68. The second-order valence-corrected chi connectivity index (χ2v) is 5.90. The summed E-state index contributed by atoms with van der Waals surface area (Å²) in [6.07, 6.45) is 5.98. The summed E-state index contributed by atoms with van der Waals surface area (Å²) in [5.74, 6) is 1.38. The number of aromatic nitrogens is 1. The van der Waals surface area contributed by atoms with Gasteiger partial charge in [-0.3, -0.25) is 9.78 Å². The van der Waals surface area contributed by atoms with Crippen LogP contribution in [0.15, 0.2) is 24.5 Å². The number of nitrogens with zero attached hydrogens (tertiary/aromatic N) is 2. The quantitative estimate of drug-likeness (QED) is 0.831. The van der Waals surface area contributed by atoms with Crippen LogP contribution in [0.5, 0.6) is 5.75 Å². The molecule has 1 atom stereocenters. The molecule has 3 rings (SSSR count). The molecule has 0 radical (unpaired) electrons. The van der Waals surface area contributed by atoms with E-state index in [-0.39, 0.29) is 11.5 Å². The van der Waals surface area contributed by atoms with Crippen LogP contribution in [0.3, 0.4) is 0 Å². The van der Waals surface area contributed by atoms with Gasteiger partial charge >= 0.3 is 0 Å². The Kier molecular flexibility index (Phi) is 4.10. The lowest BCUT2D eigenvalue weighted by Gasteiger charge is -2.50. The van der Waals surface area contributed by atoms with Crippen molar-refractivity contribution in [3.8, 4) is 5.75 Å². The SMILES string of the molecule is CCCC(=O)N1CC2(C1)OCC[C@H]2COc1cccnc1. The second-order valence-electron chi connectivity index (χ2n) is 5.90. The van der Waals surface area contributed by atoms with Crippen molar-refractivity contribution in [2.45, 2.75) is 31.8 Å². The lowest BCUT2D eigenvalue weighted by molar-refractivity contribution is -0.166. The molecule has 1 aromatic heterocycles. The van der Waals surface area contributed by atoms with Gasteiger partial charge in [-0.1, -0.05) is 6.92 Å². The van der Waals surface area contributed by atoms with Crippen molar-refractivity contribution in [1.29, 1.82) is 0 Å². The molecule has 0 saturated carbocycles. The van der Waals surface area contributed by atoms with Crippen LogP contribution in [0.4, 0.5) is 0 Å². The third-order valence-corrected chi connectivity index (χ3v) is 4.42. The molecule has 0 unspecified atom stereocenters. The van der Waals surface area contributed by atoms with Gasteiger partial charge in [0.2, 0.25) is 5.91 Å². The monoisotopic (exact) mass is 290 g/mol. The van der Waals surface area contributed by atoms with E-state index in [4.69, 9.17) is 9.47 Å². The second kappa shape index (κ2) is 6.02. The van der Waals surface area contributed by atoms with Gasteiger partial charge in [-0.25, -0.2) is 0 Å². The minimum Gasteiger partial charge on any atom is -0.492 e. The maximum absolute atomic E-state index is 11.9. The topological polar surface area (TPSA) is 51.7 Å². The Bertz CT molecular complexity index is 486. The van der Waals surface area contributed by atoms with Gasteiger partial charge in [0.15, 0.2) is 0 Å². The number of pyridine rings is 1. The van der Waals surface area contributed by atoms with Crippen molar-refractivity contribution in [2.75, 3.05) is 26.3 Å². The van der Waals surface area contributed by atoms with E-state index < -0.39 is 0 Å². The van der Waals surface area contributed by atoms with Crippen molar-refractivity contribution in [1.82, 2.24) is 9.88 Å². The number of hydrogen-bond acceptors (Lipinski definition) is 4. The normalized spacial score (nSPS) is 23.1. The molecule has 21 heavy (non-hydrogen) atoms. The molecule has 0 N–H and O–H groups in total. The summed E-state index contributed by atoms with van der Waals surface area (Å²) in [6, 6.07) is 3.78. The number of rotatable bonds is 5. The van der Waals surface area contributed by atoms with E-state index in [1.54, 1.807) is 12.4 Å². The van der Waals surface area contributed by atoms with Gasteiger partial charge in [-0.15, -0.1) is 0 Å². The minimum atomic E-state index is -0.175. The standard InChI is InChI=1S/C16H22N2O3/c1-2-4-15(19)18-11-16(12-18)13(6-8-21-16)10-20-14-5-3-7-17-9-14/h3,5,7,9,13H,2,4,6,8,10-12H2,1H3/t13-/m0/s1. The highest BCUT2D eigenvalue weighted by Gasteiger charge is 2.54. The number of ether oxygens (including phenoxy) is 2. The molecule has 5 nitrogen and oxygen atoms in total. The first-order chi connectivity index (χ1) is 10.2. The molecule has 1 amide bonds. The zero-order valence-corrected chi connectivity index (χ0v) is 12.5. The summed E-state index contributed by atoms with van der Waals surface area (Å²) in [4.78, 5) is 17.8. The first kappa shape index (κ1) is 14.3. The van der Waals surface area contributed by atoms with Crippen LogP contribution in [0.25, 0.3) is 0 Å². The van der Waals surface area contributed by atoms with Crippen molar-refractivity contribution < 1.29 is 14.3 Å². The molecular weight excluding hydrogens is 268 g/mol. The summed E-state index contributed by atoms with van der Waals surface area (Å²) >= 11 is 0. The Morgan fingerprint density at radius 2 is 2.43 bits per heavy atom. The van der Waals surface area contributed by atoms with Gasteiger partial charge in [0, 0.05) is 25.1 Å².